The highest BCUT2D eigenvalue weighted by molar-refractivity contribution is 7.13. The number of amides is 1. The summed E-state index contributed by atoms with van der Waals surface area (Å²) >= 11 is 1.52. The third kappa shape index (κ3) is 6.61. The Hall–Kier alpha value is -2.90. The first-order chi connectivity index (χ1) is 17.1. The first-order valence-corrected chi connectivity index (χ1v) is 13.2. The van der Waals surface area contributed by atoms with E-state index in [-0.39, 0.29) is 12.3 Å². The average molecular weight is 494 g/mol. The molecule has 6 nitrogen and oxygen atoms in total. The topological polar surface area (TPSA) is 63.7 Å². The fourth-order valence-corrected chi connectivity index (χ4v) is 5.53. The molecule has 0 atom stereocenters. The minimum absolute atomic E-state index is 0.0235. The monoisotopic (exact) mass is 493 g/mol. The van der Waals surface area contributed by atoms with Gasteiger partial charge in [-0.2, -0.15) is 0 Å². The van der Waals surface area contributed by atoms with Gasteiger partial charge in [-0.05, 0) is 49.2 Å². The summed E-state index contributed by atoms with van der Waals surface area (Å²) in [6.45, 7) is 1.44. The molecule has 186 valence electrons. The number of methoxy groups -OCH3 is 2. The van der Waals surface area contributed by atoms with Crippen molar-refractivity contribution in [3.8, 4) is 22.1 Å². The minimum atomic E-state index is -0.0235. The molecule has 0 bridgehead atoms. The summed E-state index contributed by atoms with van der Waals surface area (Å²) in [4.78, 5) is 19.8. The number of carbonyl (C=O) groups is 1. The summed E-state index contributed by atoms with van der Waals surface area (Å²) < 4.78 is 10.7. The zero-order valence-corrected chi connectivity index (χ0v) is 21.7. The van der Waals surface area contributed by atoms with Crippen LogP contribution in [0.4, 0.5) is 0 Å². The van der Waals surface area contributed by atoms with Gasteiger partial charge in [0, 0.05) is 30.1 Å². The molecule has 0 radical (unpaired) electrons. The molecule has 1 aliphatic carbocycles. The average Bonchev–Trinajstić information content (AvgIpc) is 3.36. The van der Waals surface area contributed by atoms with Gasteiger partial charge in [0.25, 0.3) is 0 Å². The molecule has 1 amide bonds. The first kappa shape index (κ1) is 25.2. The number of nitrogens with one attached hydrogen (secondary N) is 1. The Morgan fingerprint density at radius 1 is 1.06 bits per heavy atom. The van der Waals surface area contributed by atoms with E-state index in [0.29, 0.717) is 24.1 Å². The van der Waals surface area contributed by atoms with Crippen molar-refractivity contribution in [2.24, 2.45) is 0 Å². The van der Waals surface area contributed by atoms with Crippen LogP contribution in [0.3, 0.4) is 0 Å². The van der Waals surface area contributed by atoms with Gasteiger partial charge in [0.1, 0.15) is 5.01 Å². The Morgan fingerprint density at radius 3 is 2.54 bits per heavy atom. The fourth-order valence-electron chi connectivity index (χ4n) is 4.71. The third-order valence-corrected chi connectivity index (χ3v) is 7.68. The van der Waals surface area contributed by atoms with Gasteiger partial charge in [-0.3, -0.25) is 9.69 Å². The van der Waals surface area contributed by atoms with Gasteiger partial charge in [-0.25, -0.2) is 4.98 Å². The van der Waals surface area contributed by atoms with E-state index in [1.807, 2.05) is 29.6 Å². The maximum absolute atomic E-state index is 12.7. The Labute approximate surface area is 212 Å². The summed E-state index contributed by atoms with van der Waals surface area (Å²) in [5.41, 5.74) is 4.16. The van der Waals surface area contributed by atoms with Crippen LogP contribution in [0.5, 0.6) is 11.5 Å². The van der Waals surface area contributed by atoms with Crippen LogP contribution in [-0.4, -0.2) is 43.1 Å². The van der Waals surface area contributed by atoms with Gasteiger partial charge in [0.2, 0.25) is 5.91 Å². The number of ether oxygens (including phenoxy) is 2. The van der Waals surface area contributed by atoms with Crippen molar-refractivity contribution in [2.45, 2.75) is 57.7 Å². The molecule has 35 heavy (non-hydrogen) atoms. The molecule has 0 spiro atoms. The molecule has 0 aliphatic heterocycles. The van der Waals surface area contributed by atoms with Crippen LogP contribution < -0.4 is 14.8 Å². The van der Waals surface area contributed by atoms with E-state index in [4.69, 9.17) is 9.47 Å². The normalized spacial score (nSPS) is 14.2. The second-order valence-corrected chi connectivity index (χ2v) is 10.0. The summed E-state index contributed by atoms with van der Waals surface area (Å²) in [7, 11) is 5.46. The van der Waals surface area contributed by atoms with Gasteiger partial charge >= 0.3 is 0 Å². The third-order valence-electron chi connectivity index (χ3n) is 6.74. The predicted octanol–water partition coefficient (Wildman–Crippen LogP) is 5.45. The maximum atomic E-state index is 12.7. The molecule has 2 aromatic carbocycles. The lowest BCUT2D eigenvalue weighted by molar-refractivity contribution is -0.120. The molecular weight excluding hydrogens is 458 g/mol. The van der Waals surface area contributed by atoms with Crippen LogP contribution in [0.25, 0.3) is 10.6 Å². The molecule has 1 N–H and O–H groups in total. The molecule has 1 aliphatic rings. The lowest BCUT2D eigenvalue weighted by Gasteiger charge is -2.31. The number of rotatable bonds is 10. The zero-order chi connectivity index (χ0) is 24.6. The quantitative estimate of drug-likeness (QED) is 0.407. The van der Waals surface area contributed by atoms with Crippen molar-refractivity contribution in [1.29, 1.82) is 0 Å². The van der Waals surface area contributed by atoms with E-state index in [1.54, 1.807) is 14.2 Å². The van der Waals surface area contributed by atoms with Crippen molar-refractivity contribution in [3.05, 3.63) is 64.7 Å². The Bertz CT molecular complexity index is 1120. The van der Waals surface area contributed by atoms with Crippen LogP contribution >= 0.6 is 11.3 Å². The van der Waals surface area contributed by atoms with Gasteiger partial charge in [-0.1, -0.05) is 43.5 Å². The van der Waals surface area contributed by atoms with Crippen molar-refractivity contribution < 1.29 is 14.3 Å². The SMILES string of the molecule is COc1ccc(-c2nc(CC(=O)NCc3ccccc3CN(C)C3CCCCC3)cs2)cc1OC. The number of aromatic nitrogens is 1. The molecule has 0 saturated heterocycles. The van der Waals surface area contributed by atoms with Crippen molar-refractivity contribution in [2.75, 3.05) is 21.3 Å². The summed E-state index contributed by atoms with van der Waals surface area (Å²) in [6.07, 6.45) is 6.85. The highest BCUT2D eigenvalue weighted by atomic mass is 32.1. The molecule has 1 saturated carbocycles. The molecule has 3 aromatic rings. The van der Waals surface area contributed by atoms with Crippen LogP contribution in [0, 0.1) is 0 Å². The first-order valence-electron chi connectivity index (χ1n) is 12.3. The number of thiazole rings is 1. The highest BCUT2D eigenvalue weighted by Gasteiger charge is 2.19. The molecule has 1 heterocycles. The van der Waals surface area contributed by atoms with Crippen LogP contribution in [-0.2, 0) is 24.3 Å². The number of carbonyl (C=O) groups excluding carboxylic acids is 1. The summed E-state index contributed by atoms with van der Waals surface area (Å²) in [5, 5.41) is 5.89. The standard InChI is InChI=1S/C28H35N3O3S/c1-31(24-11-5-4-6-12-24)18-22-10-8-7-9-21(22)17-29-27(32)16-23-19-35-28(30-23)20-13-14-25(33-2)26(15-20)34-3/h7-10,13-15,19,24H,4-6,11-12,16-18H2,1-3H3,(H,29,32). The van der Waals surface area contributed by atoms with Gasteiger partial charge < -0.3 is 14.8 Å². The zero-order valence-electron chi connectivity index (χ0n) is 20.9. The summed E-state index contributed by atoms with van der Waals surface area (Å²) in [5.74, 6) is 1.31. The molecule has 1 fully saturated rings. The second-order valence-electron chi connectivity index (χ2n) is 9.14. The largest absolute Gasteiger partial charge is 0.493 e. The van der Waals surface area contributed by atoms with Crippen LogP contribution in [0.15, 0.2) is 47.8 Å². The fraction of sp³-hybridized carbons (Fsp3) is 0.429. The minimum Gasteiger partial charge on any atom is -0.493 e. The molecule has 4 rings (SSSR count). The summed E-state index contributed by atoms with van der Waals surface area (Å²) in [6, 6.07) is 14.8. The lowest BCUT2D eigenvalue weighted by atomic mass is 9.94. The molecule has 0 unspecified atom stereocenters. The highest BCUT2D eigenvalue weighted by Crippen LogP contribution is 2.33. The van der Waals surface area contributed by atoms with E-state index in [9.17, 15) is 4.79 Å². The van der Waals surface area contributed by atoms with E-state index < -0.39 is 0 Å². The predicted molar refractivity (Wildman–Crippen MR) is 141 cm³/mol. The molecular formula is C28H35N3O3S. The van der Waals surface area contributed by atoms with Crippen molar-refractivity contribution >= 4 is 17.2 Å². The van der Waals surface area contributed by atoms with Gasteiger partial charge in [-0.15, -0.1) is 11.3 Å². The second kappa shape index (κ2) is 12.2. The van der Waals surface area contributed by atoms with E-state index in [0.717, 1.165) is 22.8 Å². The Balaban J connectivity index is 1.34. The van der Waals surface area contributed by atoms with E-state index >= 15 is 0 Å². The van der Waals surface area contributed by atoms with Crippen molar-refractivity contribution in [1.82, 2.24) is 15.2 Å². The van der Waals surface area contributed by atoms with E-state index in [1.165, 1.54) is 54.6 Å². The van der Waals surface area contributed by atoms with Crippen molar-refractivity contribution in [3.63, 3.8) is 0 Å². The smallest absolute Gasteiger partial charge is 0.226 e. The van der Waals surface area contributed by atoms with Crippen LogP contribution in [0.1, 0.15) is 48.9 Å². The maximum Gasteiger partial charge on any atom is 0.226 e. The number of nitrogens with zero attached hydrogens (tertiary/aromatic N) is 2. The Kier molecular flexibility index (Phi) is 8.77. The van der Waals surface area contributed by atoms with Gasteiger partial charge in [0.05, 0.1) is 26.3 Å². The lowest BCUT2D eigenvalue weighted by Crippen LogP contribution is -2.33. The Morgan fingerprint density at radius 2 is 1.80 bits per heavy atom. The number of benzene rings is 2. The number of hydrogen-bond donors (Lipinski definition) is 1. The van der Waals surface area contributed by atoms with Gasteiger partial charge in [0.15, 0.2) is 11.5 Å². The molecule has 1 aromatic heterocycles. The molecule has 7 heteroatoms. The van der Waals surface area contributed by atoms with E-state index in [2.05, 4.69) is 40.4 Å². The van der Waals surface area contributed by atoms with Crippen LogP contribution in [0.2, 0.25) is 0 Å². The number of hydrogen-bond acceptors (Lipinski definition) is 6.